The molecule has 2 aromatic carbocycles. The molecule has 0 unspecified atom stereocenters. The highest BCUT2D eigenvalue weighted by atomic mass is 79.9. The number of rotatable bonds is 7. The molecule has 1 aromatic heterocycles. The van der Waals surface area contributed by atoms with Crippen LogP contribution in [0.1, 0.15) is 11.4 Å². The molecule has 1 amide bonds. The second-order valence-corrected chi connectivity index (χ2v) is 6.24. The summed E-state index contributed by atoms with van der Waals surface area (Å²) >= 11 is 3.45. The lowest BCUT2D eigenvalue weighted by molar-refractivity contribution is -0.126. The third kappa shape index (κ3) is 4.43. The molecule has 0 saturated carbocycles. The van der Waals surface area contributed by atoms with Crippen LogP contribution in [-0.2, 0) is 22.6 Å². The van der Waals surface area contributed by atoms with E-state index in [2.05, 4.69) is 31.2 Å². The van der Waals surface area contributed by atoms with Crippen molar-refractivity contribution in [2.45, 2.75) is 13.0 Å². The molecular weight excluding hydrogens is 370 g/mol. The number of imidazole rings is 1. The van der Waals surface area contributed by atoms with Gasteiger partial charge in [-0.25, -0.2) is 4.98 Å². The fourth-order valence-electron chi connectivity index (χ4n) is 2.36. The predicted molar refractivity (Wildman–Crippen MR) is 96.6 cm³/mol. The third-order valence-electron chi connectivity index (χ3n) is 3.57. The lowest BCUT2D eigenvalue weighted by Gasteiger charge is -2.07. The molecule has 0 aliphatic carbocycles. The monoisotopic (exact) mass is 387 g/mol. The van der Waals surface area contributed by atoms with Crippen LogP contribution in [0.25, 0.3) is 11.0 Å². The number of aromatic amines is 1. The molecule has 0 saturated heterocycles. The average Bonchev–Trinajstić information content (AvgIpc) is 2.99. The molecule has 0 aliphatic rings. The van der Waals surface area contributed by atoms with Crippen LogP contribution in [0.15, 0.2) is 53.0 Å². The zero-order valence-corrected chi connectivity index (χ0v) is 14.7. The fourth-order valence-corrected chi connectivity index (χ4v) is 2.76. The Balaban J connectivity index is 1.39. The van der Waals surface area contributed by atoms with Gasteiger partial charge < -0.3 is 15.0 Å². The van der Waals surface area contributed by atoms with Crippen molar-refractivity contribution < 1.29 is 9.53 Å². The highest BCUT2D eigenvalue weighted by Gasteiger charge is 2.05. The van der Waals surface area contributed by atoms with E-state index in [0.29, 0.717) is 19.6 Å². The summed E-state index contributed by atoms with van der Waals surface area (Å²) < 4.78 is 6.43. The van der Waals surface area contributed by atoms with Gasteiger partial charge in [-0.1, -0.05) is 46.3 Å². The van der Waals surface area contributed by atoms with Gasteiger partial charge >= 0.3 is 0 Å². The molecule has 0 bridgehead atoms. The summed E-state index contributed by atoms with van der Waals surface area (Å²) in [6, 6.07) is 15.7. The van der Waals surface area contributed by atoms with Gasteiger partial charge in [-0.05, 0) is 23.8 Å². The van der Waals surface area contributed by atoms with Crippen molar-refractivity contribution in [3.63, 3.8) is 0 Å². The molecule has 0 atom stereocenters. The van der Waals surface area contributed by atoms with Crippen LogP contribution in [0.3, 0.4) is 0 Å². The molecule has 0 spiro atoms. The van der Waals surface area contributed by atoms with Crippen molar-refractivity contribution in [2.24, 2.45) is 0 Å². The molecule has 24 heavy (non-hydrogen) atoms. The van der Waals surface area contributed by atoms with Gasteiger partial charge in [0, 0.05) is 17.4 Å². The Kier molecular flexibility index (Phi) is 5.61. The predicted octanol–water partition coefficient (Wildman–Crippen LogP) is 3.20. The first-order valence-corrected chi connectivity index (χ1v) is 8.53. The SMILES string of the molecule is O=C(COCc1ccccc1Br)NCCc1nc2ccccc2[nH]1. The van der Waals surface area contributed by atoms with Crippen molar-refractivity contribution in [1.82, 2.24) is 15.3 Å². The van der Waals surface area contributed by atoms with Gasteiger partial charge in [0.2, 0.25) is 5.91 Å². The number of carbonyl (C=O) groups excluding carboxylic acids is 1. The summed E-state index contributed by atoms with van der Waals surface area (Å²) in [4.78, 5) is 19.5. The molecule has 3 rings (SSSR count). The molecule has 0 radical (unpaired) electrons. The molecule has 0 fully saturated rings. The molecule has 3 aromatic rings. The van der Waals surface area contributed by atoms with Gasteiger partial charge in [0.15, 0.2) is 0 Å². The molecule has 6 heteroatoms. The first kappa shape index (κ1) is 16.7. The normalized spacial score (nSPS) is 10.9. The molecule has 1 heterocycles. The molecular formula is C18H18BrN3O2. The van der Waals surface area contributed by atoms with Crippen molar-refractivity contribution in [1.29, 1.82) is 0 Å². The van der Waals surface area contributed by atoms with Crippen molar-refractivity contribution >= 4 is 32.9 Å². The number of para-hydroxylation sites is 2. The van der Waals surface area contributed by atoms with Gasteiger partial charge in [0.05, 0.1) is 17.6 Å². The van der Waals surface area contributed by atoms with Crippen molar-refractivity contribution in [3.05, 3.63) is 64.4 Å². The number of benzene rings is 2. The van der Waals surface area contributed by atoms with E-state index in [4.69, 9.17) is 4.74 Å². The van der Waals surface area contributed by atoms with Crippen LogP contribution in [0.2, 0.25) is 0 Å². The highest BCUT2D eigenvalue weighted by molar-refractivity contribution is 9.10. The highest BCUT2D eigenvalue weighted by Crippen LogP contribution is 2.16. The van der Waals surface area contributed by atoms with Crippen molar-refractivity contribution in [3.8, 4) is 0 Å². The first-order chi connectivity index (χ1) is 11.7. The maximum Gasteiger partial charge on any atom is 0.246 e. The summed E-state index contributed by atoms with van der Waals surface area (Å²) in [5.74, 6) is 0.740. The van der Waals surface area contributed by atoms with E-state index >= 15 is 0 Å². The minimum Gasteiger partial charge on any atom is -0.367 e. The Morgan fingerprint density at radius 1 is 1.17 bits per heavy atom. The fraction of sp³-hybridized carbons (Fsp3) is 0.222. The van der Waals surface area contributed by atoms with Gasteiger partial charge in [-0.3, -0.25) is 4.79 Å². The maximum atomic E-state index is 11.8. The number of amides is 1. The summed E-state index contributed by atoms with van der Waals surface area (Å²) in [5.41, 5.74) is 2.97. The van der Waals surface area contributed by atoms with Crippen molar-refractivity contribution in [2.75, 3.05) is 13.2 Å². The number of halogens is 1. The third-order valence-corrected chi connectivity index (χ3v) is 4.34. The van der Waals surface area contributed by atoms with E-state index in [-0.39, 0.29) is 12.5 Å². The Morgan fingerprint density at radius 3 is 2.79 bits per heavy atom. The lowest BCUT2D eigenvalue weighted by Crippen LogP contribution is -2.29. The van der Waals surface area contributed by atoms with E-state index in [9.17, 15) is 4.79 Å². The number of nitrogens with one attached hydrogen (secondary N) is 2. The van der Waals surface area contributed by atoms with Crippen LogP contribution < -0.4 is 5.32 Å². The summed E-state index contributed by atoms with van der Waals surface area (Å²) in [7, 11) is 0. The van der Waals surface area contributed by atoms with E-state index in [1.54, 1.807) is 0 Å². The Labute approximate surface area is 148 Å². The van der Waals surface area contributed by atoms with Gasteiger partial charge in [-0.2, -0.15) is 0 Å². The zero-order chi connectivity index (χ0) is 16.8. The number of ether oxygens (including phenoxy) is 1. The van der Waals surface area contributed by atoms with Crippen LogP contribution >= 0.6 is 15.9 Å². The summed E-state index contributed by atoms with van der Waals surface area (Å²) in [5, 5.41) is 2.84. The molecule has 0 aliphatic heterocycles. The molecule has 2 N–H and O–H groups in total. The number of carbonyl (C=O) groups is 1. The second-order valence-electron chi connectivity index (χ2n) is 5.38. The van der Waals surface area contributed by atoms with E-state index < -0.39 is 0 Å². The lowest BCUT2D eigenvalue weighted by atomic mass is 10.2. The standard InChI is InChI=1S/C18H18BrN3O2/c19-14-6-2-1-5-13(14)11-24-12-18(23)20-10-9-17-21-15-7-3-4-8-16(15)22-17/h1-8H,9-12H2,(H,20,23)(H,21,22). The quantitative estimate of drug-likeness (QED) is 0.653. The molecule has 124 valence electrons. The summed E-state index contributed by atoms with van der Waals surface area (Å²) in [6.45, 7) is 0.969. The number of fused-ring (bicyclic) bond motifs is 1. The zero-order valence-electron chi connectivity index (χ0n) is 13.1. The van der Waals surface area contributed by atoms with Crippen LogP contribution in [0.4, 0.5) is 0 Å². The average molecular weight is 388 g/mol. The number of H-pyrrole nitrogens is 1. The minimum absolute atomic E-state index is 0.0431. The number of hydrogen-bond donors (Lipinski definition) is 2. The van der Waals surface area contributed by atoms with E-state index in [1.807, 2.05) is 48.5 Å². The Bertz CT molecular complexity index is 799. The van der Waals surface area contributed by atoms with E-state index in [0.717, 1.165) is 26.9 Å². The number of nitrogens with zero attached hydrogens (tertiary/aromatic N) is 1. The maximum absolute atomic E-state index is 11.8. The number of aromatic nitrogens is 2. The van der Waals surface area contributed by atoms with Crippen LogP contribution in [0.5, 0.6) is 0 Å². The molecule has 5 nitrogen and oxygen atoms in total. The van der Waals surface area contributed by atoms with Gasteiger partial charge in [0.25, 0.3) is 0 Å². The minimum atomic E-state index is -0.127. The smallest absolute Gasteiger partial charge is 0.246 e. The number of hydrogen-bond acceptors (Lipinski definition) is 3. The summed E-state index contributed by atoms with van der Waals surface area (Å²) in [6.07, 6.45) is 0.657. The second kappa shape index (κ2) is 8.08. The first-order valence-electron chi connectivity index (χ1n) is 7.74. The van der Waals surface area contributed by atoms with Crippen LogP contribution in [0, 0.1) is 0 Å². The van der Waals surface area contributed by atoms with Gasteiger partial charge in [0.1, 0.15) is 12.4 Å². The van der Waals surface area contributed by atoms with Crippen LogP contribution in [-0.4, -0.2) is 29.0 Å². The Hall–Kier alpha value is -2.18. The Morgan fingerprint density at radius 2 is 1.96 bits per heavy atom. The largest absolute Gasteiger partial charge is 0.367 e. The van der Waals surface area contributed by atoms with E-state index in [1.165, 1.54) is 0 Å². The topological polar surface area (TPSA) is 67.0 Å². The van der Waals surface area contributed by atoms with Gasteiger partial charge in [-0.15, -0.1) is 0 Å².